The SMILES string of the molecule is CC1(CC(=O)O)CN(Cc2ccc(F)cc2)C(=O)CO1. The van der Waals surface area contributed by atoms with E-state index in [2.05, 4.69) is 0 Å². The van der Waals surface area contributed by atoms with Crippen molar-refractivity contribution in [3.8, 4) is 0 Å². The highest BCUT2D eigenvalue weighted by Crippen LogP contribution is 2.23. The Bertz CT molecular complexity index is 516. The van der Waals surface area contributed by atoms with Gasteiger partial charge in [-0.05, 0) is 24.6 Å². The monoisotopic (exact) mass is 281 g/mol. The maximum atomic E-state index is 12.8. The topological polar surface area (TPSA) is 66.8 Å². The molecule has 5 nitrogen and oxygen atoms in total. The Morgan fingerprint density at radius 2 is 2.10 bits per heavy atom. The van der Waals surface area contributed by atoms with Gasteiger partial charge in [-0.1, -0.05) is 12.1 Å². The first-order valence-electron chi connectivity index (χ1n) is 6.26. The van der Waals surface area contributed by atoms with Gasteiger partial charge in [-0.15, -0.1) is 0 Å². The number of hydrogen-bond acceptors (Lipinski definition) is 3. The molecule has 0 radical (unpaired) electrons. The summed E-state index contributed by atoms with van der Waals surface area (Å²) in [5, 5.41) is 8.88. The lowest BCUT2D eigenvalue weighted by Crippen LogP contribution is -2.53. The zero-order valence-electron chi connectivity index (χ0n) is 11.1. The number of ether oxygens (including phenoxy) is 1. The first-order valence-corrected chi connectivity index (χ1v) is 6.26. The van der Waals surface area contributed by atoms with E-state index in [1.807, 2.05) is 0 Å². The molecule has 1 fully saturated rings. The van der Waals surface area contributed by atoms with Crippen molar-refractivity contribution >= 4 is 11.9 Å². The summed E-state index contributed by atoms with van der Waals surface area (Å²) >= 11 is 0. The van der Waals surface area contributed by atoms with E-state index in [9.17, 15) is 14.0 Å². The predicted octanol–water partition coefficient (Wildman–Crippen LogP) is 1.42. The van der Waals surface area contributed by atoms with E-state index >= 15 is 0 Å². The van der Waals surface area contributed by atoms with Crippen molar-refractivity contribution in [1.82, 2.24) is 4.90 Å². The van der Waals surface area contributed by atoms with Gasteiger partial charge in [0.2, 0.25) is 5.91 Å². The minimum Gasteiger partial charge on any atom is -0.481 e. The van der Waals surface area contributed by atoms with Gasteiger partial charge in [0.05, 0.1) is 18.6 Å². The molecular weight excluding hydrogens is 265 g/mol. The van der Waals surface area contributed by atoms with Crippen LogP contribution in [-0.2, 0) is 20.9 Å². The molecule has 20 heavy (non-hydrogen) atoms. The Hall–Kier alpha value is -1.95. The summed E-state index contributed by atoms with van der Waals surface area (Å²) in [7, 11) is 0. The highest BCUT2D eigenvalue weighted by atomic mass is 19.1. The number of halogens is 1. The number of rotatable bonds is 4. The van der Waals surface area contributed by atoms with Gasteiger partial charge in [0, 0.05) is 6.54 Å². The highest BCUT2D eigenvalue weighted by Gasteiger charge is 2.37. The summed E-state index contributed by atoms with van der Waals surface area (Å²) in [5.41, 5.74) is -0.0981. The molecule has 2 rings (SSSR count). The third-order valence-corrected chi connectivity index (χ3v) is 3.23. The van der Waals surface area contributed by atoms with Crippen molar-refractivity contribution in [1.29, 1.82) is 0 Å². The van der Waals surface area contributed by atoms with E-state index in [4.69, 9.17) is 9.84 Å². The quantitative estimate of drug-likeness (QED) is 0.906. The van der Waals surface area contributed by atoms with Crippen molar-refractivity contribution in [2.45, 2.75) is 25.5 Å². The molecule has 108 valence electrons. The van der Waals surface area contributed by atoms with Gasteiger partial charge in [-0.2, -0.15) is 0 Å². The lowest BCUT2D eigenvalue weighted by atomic mass is 9.99. The van der Waals surface area contributed by atoms with Crippen molar-refractivity contribution < 1.29 is 23.8 Å². The first-order chi connectivity index (χ1) is 9.38. The van der Waals surface area contributed by atoms with Crippen LogP contribution in [-0.4, -0.2) is 40.6 Å². The molecule has 0 aromatic heterocycles. The number of aliphatic carboxylic acids is 1. The summed E-state index contributed by atoms with van der Waals surface area (Å²) in [6, 6.07) is 5.87. The second-order valence-electron chi connectivity index (χ2n) is 5.19. The molecule has 0 aliphatic carbocycles. The highest BCUT2D eigenvalue weighted by molar-refractivity contribution is 5.78. The average Bonchev–Trinajstić information content (AvgIpc) is 2.36. The Balaban J connectivity index is 2.07. The fraction of sp³-hybridized carbons (Fsp3) is 0.429. The number of carboxylic acid groups (broad SMARTS) is 1. The van der Waals surface area contributed by atoms with Crippen LogP contribution in [0.1, 0.15) is 18.9 Å². The minimum absolute atomic E-state index is 0.134. The summed E-state index contributed by atoms with van der Waals surface area (Å²) in [4.78, 5) is 24.2. The summed E-state index contributed by atoms with van der Waals surface area (Å²) in [6.07, 6.45) is -0.166. The number of carbonyl (C=O) groups excluding carboxylic acids is 1. The van der Waals surface area contributed by atoms with Gasteiger partial charge in [-0.3, -0.25) is 9.59 Å². The van der Waals surface area contributed by atoms with Crippen LogP contribution in [0.25, 0.3) is 0 Å². The lowest BCUT2D eigenvalue weighted by Gasteiger charge is -2.39. The Morgan fingerprint density at radius 3 is 2.70 bits per heavy atom. The number of amides is 1. The second-order valence-corrected chi connectivity index (χ2v) is 5.19. The largest absolute Gasteiger partial charge is 0.481 e. The van der Waals surface area contributed by atoms with Crippen LogP contribution < -0.4 is 0 Å². The van der Waals surface area contributed by atoms with Gasteiger partial charge < -0.3 is 14.7 Å². The molecule has 1 aromatic rings. The van der Waals surface area contributed by atoms with Crippen molar-refractivity contribution in [2.75, 3.05) is 13.2 Å². The normalized spacial score (nSPS) is 22.9. The summed E-state index contributed by atoms with van der Waals surface area (Å²) in [6.45, 7) is 2.06. The van der Waals surface area contributed by atoms with E-state index in [1.165, 1.54) is 12.1 Å². The van der Waals surface area contributed by atoms with E-state index in [0.29, 0.717) is 6.54 Å². The zero-order valence-corrected chi connectivity index (χ0v) is 11.1. The molecule has 1 amide bonds. The molecule has 6 heteroatoms. The summed E-state index contributed by atoms with van der Waals surface area (Å²) in [5.74, 6) is -1.50. The number of hydrogen-bond donors (Lipinski definition) is 1. The minimum atomic E-state index is -0.969. The van der Waals surface area contributed by atoms with Crippen LogP contribution in [0.2, 0.25) is 0 Å². The van der Waals surface area contributed by atoms with Gasteiger partial charge >= 0.3 is 5.97 Å². The standard InChI is InChI=1S/C14H16FNO4/c1-14(6-13(18)19)9-16(12(17)8-20-14)7-10-2-4-11(15)5-3-10/h2-5H,6-9H2,1H3,(H,18,19). The van der Waals surface area contributed by atoms with E-state index < -0.39 is 11.6 Å². The molecule has 1 aliphatic heterocycles. The van der Waals surface area contributed by atoms with Crippen LogP contribution in [0, 0.1) is 5.82 Å². The fourth-order valence-corrected chi connectivity index (χ4v) is 2.25. The fourth-order valence-electron chi connectivity index (χ4n) is 2.25. The average molecular weight is 281 g/mol. The first kappa shape index (κ1) is 14.5. The zero-order chi connectivity index (χ0) is 14.8. The molecule has 1 aromatic carbocycles. The lowest BCUT2D eigenvalue weighted by molar-refractivity contribution is -0.169. The van der Waals surface area contributed by atoms with Gasteiger partial charge in [0.15, 0.2) is 0 Å². The predicted molar refractivity (Wildman–Crippen MR) is 68.4 cm³/mol. The van der Waals surface area contributed by atoms with Crippen LogP contribution in [0.3, 0.4) is 0 Å². The number of carbonyl (C=O) groups is 2. The van der Waals surface area contributed by atoms with E-state index in [1.54, 1.807) is 24.0 Å². The van der Waals surface area contributed by atoms with Gasteiger partial charge in [0.1, 0.15) is 12.4 Å². The molecule has 1 atom stereocenters. The molecule has 1 aliphatic rings. The van der Waals surface area contributed by atoms with Crippen LogP contribution in [0.15, 0.2) is 24.3 Å². The van der Waals surface area contributed by atoms with E-state index in [-0.39, 0.29) is 31.3 Å². The number of benzene rings is 1. The number of morpholine rings is 1. The van der Waals surface area contributed by atoms with Crippen LogP contribution in [0.5, 0.6) is 0 Å². The maximum absolute atomic E-state index is 12.8. The Morgan fingerprint density at radius 1 is 1.45 bits per heavy atom. The molecular formula is C14H16FNO4. The second kappa shape index (κ2) is 5.58. The molecule has 0 bridgehead atoms. The molecule has 1 heterocycles. The smallest absolute Gasteiger partial charge is 0.306 e. The molecule has 0 spiro atoms. The Labute approximate surface area is 116 Å². The van der Waals surface area contributed by atoms with Crippen LogP contribution in [0.4, 0.5) is 4.39 Å². The van der Waals surface area contributed by atoms with Crippen molar-refractivity contribution in [3.05, 3.63) is 35.6 Å². The molecule has 1 N–H and O–H groups in total. The summed E-state index contributed by atoms with van der Waals surface area (Å²) < 4.78 is 18.2. The van der Waals surface area contributed by atoms with Crippen LogP contribution >= 0.6 is 0 Å². The molecule has 1 unspecified atom stereocenters. The number of carboxylic acids is 1. The van der Waals surface area contributed by atoms with Gasteiger partial charge in [-0.25, -0.2) is 4.39 Å². The molecule has 1 saturated heterocycles. The van der Waals surface area contributed by atoms with Crippen molar-refractivity contribution in [2.24, 2.45) is 0 Å². The third kappa shape index (κ3) is 3.54. The van der Waals surface area contributed by atoms with Crippen molar-refractivity contribution in [3.63, 3.8) is 0 Å². The number of nitrogens with zero attached hydrogens (tertiary/aromatic N) is 1. The Kier molecular flexibility index (Phi) is 4.04. The van der Waals surface area contributed by atoms with E-state index in [0.717, 1.165) is 5.56 Å². The maximum Gasteiger partial charge on any atom is 0.306 e. The third-order valence-electron chi connectivity index (χ3n) is 3.23. The van der Waals surface area contributed by atoms with Gasteiger partial charge in [0.25, 0.3) is 0 Å². The molecule has 0 saturated carbocycles.